The molecule has 0 aliphatic carbocycles. The first kappa shape index (κ1) is 25.4. The minimum Gasteiger partial charge on any atom is -0.490 e. The van der Waals surface area contributed by atoms with Crippen LogP contribution in [0.3, 0.4) is 0 Å². The highest BCUT2D eigenvalue weighted by atomic mass is 35.5. The predicted octanol–water partition coefficient (Wildman–Crippen LogP) is 6.16. The van der Waals surface area contributed by atoms with Gasteiger partial charge in [0.1, 0.15) is 12.2 Å². The van der Waals surface area contributed by atoms with E-state index >= 15 is 0 Å². The Bertz CT molecular complexity index is 1340. The van der Waals surface area contributed by atoms with Gasteiger partial charge in [-0.1, -0.05) is 53.5 Å². The molecule has 0 spiro atoms. The van der Waals surface area contributed by atoms with Crippen molar-refractivity contribution < 1.29 is 19.1 Å². The second-order valence-corrected chi connectivity index (χ2v) is 8.78. The maximum absolute atomic E-state index is 13.0. The Balaban J connectivity index is 1.68. The lowest BCUT2D eigenvalue weighted by atomic mass is 10.0. The molecule has 3 aromatic carbocycles. The number of hydrogen-bond donors (Lipinski definition) is 1. The summed E-state index contributed by atoms with van der Waals surface area (Å²) < 4.78 is 12.0. The van der Waals surface area contributed by atoms with Crippen molar-refractivity contribution in [2.24, 2.45) is 0 Å². The summed E-state index contributed by atoms with van der Waals surface area (Å²) in [6, 6.07) is 17.7. The van der Waals surface area contributed by atoms with Crippen molar-refractivity contribution in [1.29, 1.82) is 0 Å². The van der Waals surface area contributed by atoms with Crippen molar-refractivity contribution in [3.63, 3.8) is 0 Å². The SMILES string of the molecule is C=CCc1cc(/C=C2/C(=O)NN(c3ccccc3)C2=O)cc(OCC)c1OCc1ccc(Cl)cc1Cl. The highest BCUT2D eigenvalue weighted by Crippen LogP contribution is 2.36. The number of hydrogen-bond acceptors (Lipinski definition) is 4. The molecule has 36 heavy (non-hydrogen) atoms. The summed E-state index contributed by atoms with van der Waals surface area (Å²) in [6.45, 7) is 6.31. The molecule has 4 rings (SSSR count). The van der Waals surface area contributed by atoms with Crippen molar-refractivity contribution in [1.82, 2.24) is 5.43 Å². The second-order valence-electron chi connectivity index (χ2n) is 7.93. The smallest absolute Gasteiger partial charge is 0.282 e. The van der Waals surface area contributed by atoms with Crippen LogP contribution in [0.4, 0.5) is 5.69 Å². The Kier molecular flexibility index (Phi) is 7.98. The number of carbonyl (C=O) groups is 2. The van der Waals surface area contributed by atoms with Crippen LogP contribution in [0.15, 0.2) is 78.9 Å². The summed E-state index contributed by atoms with van der Waals surface area (Å²) in [5.74, 6) is 0.106. The second kappa shape index (κ2) is 11.3. The van der Waals surface area contributed by atoms with E-state index in [0.717, 1.165) is 11.1 Å². The summed E-state index contributed by atoms with van der Waals surface area (Å²) in [4.78, 5) is 25.6. The molecule has 2 amide bonds. The number of allylic oxidation sites excluding steroid dienone is 1. The highest BCUT2D eigenvalue weighted by molar-refractivity contribution is 6.35. The minimum absolute atomic E-state index is 0.0208. The molecule has 8 heteroatoms. The van der Waals surface area contributed by atoms with Crippen molar-refractivity contribution in [2.75, 3.05) is 11.6 Å². The number of para-hydroxylation sites is 1. The Morgan fingerprint density at radius 3 is 2.47 bits per heavy atom. The first-order valence-corrected chi connectivity index (χ1v) is 12.1. The van der Waals surface area contributed by atoms with Crippen molar-refractivity contribution in [2.45, 2.75) is 20.0 Å². The van der Waals surface area contributed by atoms with Crippen LogP contribution in [-0.4, -0.2) is 18.4 Å². The van der Waals surface area contributed by atoms with Crippen LogP contribution in [0.5, 0.6) is 11.5 Å². The van der Waals surface area contributed by atoms with E-state index in [9.17, 15) is 9.59 Å². The number of nitrogens with zero attached hydrogens (tertiary/aromatic N) is 1. The number of carbonyl (C=O) groups excluding carboxylic acids is 2. The molecule has 1 aliphatic rings. The molecule has 0 radical (unpaired) electrons. The largest absolute Gasteiger partial charge is 0.490 e. The number of hydrazine groups is 1. The lowest BCUT2D eigenvalue weighted by Gasteiger charge is -2.17. The van der Waals surface area contributed by atoms with Crippen LogP contribution in [0.2, 0.25) is 10.0 Å². The maximum atomic E-state index is 13.0. The summed E-state index contributed by atoms with van der Waals surface area (Å²) in [6.07, 6.45) is 3.78. The number of nitrogens with one attached hydrogen (secondary N) is 1. The molecule has 6 nitrogen and oxygen atoms in total. The van der Waals surface area contributed by atoms with Gasteiger partial charge in [-0.25, -0.2) is 5.01 Å². The van der Waals surface area contributed by atoms with Gasteiger partial charge >= 0.3 is 0 Å². The molecule has 0 saturated carbocycles. The van der Waals surface area contributed by atoms with Gasteiger partial charge < -0.3 is 9.47 Å². The fourth-order valence-corrected chi connectivity index (χ4v) is 4.24. The van der Waals surface area contributed by atoms with Crippen LogP contribution in [0.25, 0.3) is 6.08 Å². The van der Waals surface area contributed by atoms with Crippen molar-refractivity contribution >= 4 is 46.8 Å². The molecule has 1 saturated heterocycles. The number of halogens is 2. The average Bonchev–Trinajstić information content (AvgIpc) is 3.14. The van der Waals surface area contributed by atoms with Gasteiger partial charge in [-0.3, -0.25) is 15.0 Å². The predicted molar refractivity (Wildman–Crippen MR) is 142 cm³/mol. The zero-order valence-corrected chi connectivity index (χ0v) is 21.1. The van der Waals surface area contributed by atoms with E-state index in [1.165, 1.54) is 5.01 Å². The number of rotatable bonds is 9. The topological polar surface area (TPSA) is 67.9 Å². The third-order valence-corrected chi connectivity index (χ3v) is 6.01. The number of amides is 2. The summed E-state index contributed by atoms with van der Waals surface area (Å²) >= 11 is 12.3. The summed E-state index contributed by atoms with van der Waals surface area (Å²) in [7, 11) is 0. The molecule has 1 N–H and O–H groups in total. The number of ether oxygens (including phenoxy) is 2. The summed E-state index contributed by atoms with van der Waals surface area (Å²) in [5.41, 5.74) is 5.40. The molecule has 0 aromatic heterocycles. The molecule has 0 bridgehead atoms. The molecule has 1 heterocycles. The molecule has 1 fully saturated rings. The van der Waals surface area contributed by atoms with Gasteiger partial charge in [-0.15, -0.1) is 6.58 Å². The van der Waals surface area contributed by atoms with Gasteiger partial charge in [0, 0.05) is 21.2 Å². The highest BCUT2D eigenvalue weighted by Gasteiger charge is 2.34. The van der Waals surface area contributed by atoms with Gasteiger partial charge in [0.2, 0.25) is 0 Å². The van der Waals surface area contributed by atoms with Gasteiger partial charge in [-0.2, -0.15) is 0 Å². The van der Waals surface area contributed by atoms with Crippen LogP contribution in [0.1, 0.15) is 23.6 Å². The van der Waals surface area contributed by atoms with Gasteiger partial charge in [-0.05, 0) is 61.4 Å². The monoisotopic (exact) mass is 522 g/mol. The quantitative estimate of drug-likeness (QED) is 0.207. The lowest BCUT2D eigenvalue weighted by molar-refractivity contribution is -0.117. The van der Waals surface area contributed by atoms with Crippen LogP contribution in [0, 0.1) is 0 Å². The van der Waals surface area contributed by atoms with E-state index in [4.69, 9.17) is 32.7 Å². The Labute approximate surface area is 219 Å². The molecule has 184 valence electrons. The standard InChI is InChI=1S/C28H24Cl2N2O4/c1-3-8-19-13-18(14-23-27(33)31-32(28(23)34)22-9-6-5-7-10-22)15-25(35-4-2)26(19)36-17-20-11-12-21(29)16-24(20)30/h3,5-7,9-16H,1,4,8,17H2,2H3,(H,31,33)/b23-14-. The fraction of sp³-hybridized carbons (Fsp3) is 0.143. The van der Waals surface area contributed by atoms with E-state index in [1.807, 2.05) is 19.1 Å². The Morgan fingerprint density at radius 2 is 1.78 bits per heavy atom. The summed E-state index contributed by atoms with van der Waals surface area (Å²) in [5, 5.41) is 2.27. The van der Waals surface area contributed by atoms with Crippen LogP contribution in [-0.2, 0) is 22.6 Å². The van der Waals surface area contributed by atoms with Crippen LogP contribution >= 0.6 is 23.2 Å². The molecule has 3 aromatic rings. The third-order valence-electron chi connectivity index (χ3n) is 5.42. The van der Waals surface area contributed by atoms with Crippen molar-refractivity contribution in [3.05, 3.63) is 106 Å². The van der Waals surface area contributed by atoms with Gasteiger partial charge in [0.05, 0.1) is 12.3 Å². The lowest BCUT2D eigenvalue weighted by Crippen LogP contribution is -2.35. The molecule has 1 aliphatic heterocycles. The Morgan fingerprint density at radius 1 is 1.00 bits per heavy atom. The maximum Gasteiger partial charge on any atom is 0.282 e. The van der Waals surface area contributed by atoms with E-state index in [2.05, 4.69) is 12.0 Å². The molecular weight excluding hydrogens is 499 g/mol. The molecule has 0 unspecified atom stereocenters. The number of benzene rings is 3. The van der Waals surface area contributed by atoms with E-state index < -0.39 is 11.8 Å². The van der Waals surface area contributed by atoms with E-state index in [-0.39, 0.29) is 12.2 Å². The molecular formula is C28H24Cl2N2O4. The zero-order valence-electron chi connectivity index (χ0n) is 19.6. The third kappa shape index (κ3) is 5.56. The van der Waals surface area contributed by atoms with Crippen LogP contribution < -0.4 is 19.9 Å². The zero-order chi connectivity index (χ0) is 25.7. The molecule has 0 atom stereocenters. The number of anilines is 1. The first-order chi connectivity index (χ1) is 17.4. The van der Waals surface area contributed by atoms with E-state index in [0.29, 0.717) is 45.8 Å². The van der Waals surface area contributed by atoms with Gasteiger partial charge in [0.15, 0.2) is 11.5 Å². The fourth-order valence-electron chi connectivity index (χ4n) is 3.77. The minimum atomic E-state index is -0.482. The average molecular weight is 523 g/mol. The first-order valence-electron chi connectivity index (χ1n) is 11.3. The van der Waals surface area contributed by atoms with E-state index in [1.54, 1.807) is 60.7 Å². The van der Waals surface area contributed by atoms with Crippen molar-refractivity contribution in [3.8, 4) is 11.5 Å². The Hall–Kier alpha value is -3.74. The van der Waals surface area contributed by atoms with Gasteiger partial charge in [0.25, 0.3) is 11.8 Å². The normalized spacial score (nSPS) is 14.2.